The van der Waals surface area contributed by atoms with E-state index < -0.39 is 17.3 Å². The van der Waals surface area contributed by atoms with Gasteiger partial charge >= 0.3 is 17.3 Å². The van der Waals surface area contributed by atoms with Crippen LogP contribution < -0.4 is 17.1 Å². The lowest BCUT2D eigenvalue weighted by molar-refractivity contribution is -0.137. The van der Waals surface area contributed by atoms with Crippen molar-refractivity contribution < 1.29 is 9.90 Å². The maximum Gasteiger partial charge on any atom is 0.348 e. The van der Waals surface area contributed by atoms with Crippen LogP contribution in [0.25, 0.3) is 11.2 Å². The van der Waals surface area contributed by atoms with Crippen LogP contribution in [0.2, 0.25) is 0 Å². The number of unbranched alkanes of at least 4 members (excludes halogenated alkanes) is 6. The third kappa shape index (κ3) is 7.12. The summed E-state index contributed by atoms with van der Waals surface area (Å²) in [7, 11) is 0. The number of anilines is 1. The third-order valence-electron chi connectivity index (χ3n) is 3.43. The van der Waals surface area contributed by atoms with E-state index in [2.05, 4.69) is 26.9 Å². The molecule has 0 fully saturated rings. The molecule has 0 bridgehead atoms. The highest BCUT2D eigenvalue weighted by atomic mass is 16.4. The Kier molecular flexibility index (Phi) is 8.31. The monoisotopic (exact) mass is 339 g/mol. The summed E-state index contributed by atoms with van der Waals surface area (Å²) in [5.41, 5.74) is 4.84. The van der Waals surface area contributed by atoms with Crippen LogP contribution in [0.15, 0.2) is 9.59 Å². The van der Waals surface area contributed by atoms with Crippen LogP contribution >= 0.6 is 0 Å². The van der Waals surface area contributed by atoms with Crippen molar-refractivity contribution in [1.82, 2.24) is 19.9 Å². The number of hydrogen-bond donors (Lipinski definition) is 5. The first-order valence-electron chi connectivity index (χ1n) is 8.13. The Bertz CT molecular complexity index is 746. The number of carboxylic acids is 1. The van der Waals surface area contributed by atoms with Gasteiger partial charge in [0.25, 0.3) is 0 Å². The van der Waals surface area contributed by atoms with Gasteiger partial charge in [0.2, 0.25) is 0 Å². The second-order valence-electron chi connectivity index (χ2n) is 5.52. The minimum Gasteiger partial charge on any atom is -0.481 e. The lowest BCUT2D eigenvalue weighted by atomic mass is 10.1. The number of imidazole rings is 1. The Labute approximate surface area is 138 Å². The molecule has 0 amide bonds. The minimum atomic E-state index is -0.663. The quantitative estimate of drug-likeness (QED) is 0.461. The van der Waals surface area contributed by atoms with Crippen molar-refractivity contribution >= 4 is 23.0 Å². The Morgan fingerprint density at radius 3 is 2.29 bits per heavy atom. The van der Waals surface area contributed by atoms with E-state index in [-0.39, 0.29) is 11.5 Å². The van der Waals surface area contributed by atoms with E-state index in [0.717, 1.165) is 12.8 Å². The molecule has 2 aromatic rings. The molecule has 0 saturated carbocycles. The van der Waals surface area contributed by atoms with E-state index >= 15 is 0 Å². The molecule has 0 aliphatic carbocycles. The average Bonchev–Trinajstić information content (AvgIpc) is 2.87. The molecule has 0 aromatic carbocycles. The number of aromatic amines is 3. The van der Waals surface area contributed by atoms with Crippen molar-refractivity contribution in [2.24, 2.45) is 0 Å². The number of H-pyrrole nitrogens is 3. The molecule has 6 N–H and O–H groups in total. The molecular formula is C15H25N5O4. The van der Waals surface area contributed by atoms with Gasteiger partial charge in [0.05, 0.1) is 0 Å². The molecule has 0 unspecified atom stereocenters. The van der Waals surface area contributed by atoms with Crippen LogP contribution in [0.5, 0.6) is 0 Å². The normalized spacial score (nSPS) is 10.4. The van der Waals surface area contributed by atoms with E-state index in [1.54, 1.807) is 0 Å². The molecule has 0 atom stereocenters. The molecule has 24 heavy (non-hydrogen) atoms. The number of fused-ring (bicyclic) bond motifs is 1. The number of nitrogens with zero attached hydrogens (tertiary/aromatic N) is 1. The molecule has 9 nitrogen and oxygen atoms in total. The van der Waals surface area contributed by atoms with Crippen molar-refractivity contribution in [1.29, 1.82) is 0 Å². The summed E-state index contributed by atoms with van der Waals surface area (Å²) in [6.07, 6.45) is 8.64. The van der Waals surface area contributed by atoms with Gasteiger partial charge < -0.3 is 15.8 Å². The fourth-order valence-corrected chi connectivity index (χ4v) is 2.19. The summed E-state index contributed by atoms with van der Waals surface area (Å²) in [5.74, 6) is -0.563. The first-order valence-corrected chi connectivity index (χ1v) is 8.13. The highest BCUT2D eigenvalue weighted by Crippen LogP contribution is 2.08. The van der Waals surface area contributed by atoms with Gasteiger partial charge in [-0.1, -0.05) is 45.4 Å². The largest absolute Gasteiger partial charge is 0.481 e. The minimum absolute atomic E-state index is 0.100. The topological polar surface area (TPSA) is 158 Å². The first-order chi connectivity index (χ1) is 11.4. The number of aliphatic carboxylic acids is 1. The van der Waals surface area contributed by atoms with Crippen LogP contribution in [0.3, 0.4) is 0 Å². The molecule has 9 heteroatoms. The number of nitrogen functional groups attached to an aromatic ring is 1. The van der Waals surface area contributed by atoms with Gasteiger partial charge in [-0.15, -0.1) is 0 Å². The number of aromatic nitrogens is 4. The molecule has 0 radical (unpaired) electrons. The number of nitrogens with two attached hydrogens (primary N) is 1. The van der Waals surface area contributed by atoms with Gasteiger partial charge in [0, 0.05) is 6.42 Å². The van der Waals surface area contributed by atoms with Gasteiger partial charge in [0.15, 0.2) is 5.65 Å². The summed E-state index contributed by atoms with van der Waals surface area (Å²) in [6, 6.07) is 0. The second-order valence-corrected chi connectivity index (χ2v) is 5.52. The Hall–Kier alpha value is -2.58. The Balaban J connectivity index is 0.000000240. The molecule has 2 rings (SSSR count). The lowest BCUT2D eigenvalue weighted by Gasteiger charge is -1.98. The van der Waals surface area contributed by atoms with Gasteiger partial charge in [-0.3, -0.25) is 14.8 Å². The molecule has 0 saturated heterocycles. The van der Waals surface area contributed by atoms with Crippen molar-refractivity contribution in [2.75, 3.05) is 5.73 Å². The molecule has 0 aliphatic rings. The predicted octanol–water partition coefficient (Wildman–Crippen LogP) is 1.73. The summed E-state index contributed by atoms with van der Waals surface area (Å²) in [4.78, 5) is 42.0. The summed E-state index contributed by atoms with van der Waals surface area (Å²) in [5, 5.41) is 8.35. The maximum atomic E-state index is 10.7. The second kappa shape index (κ2) is 10.2. The zero-order valence-electron chi connectivity index (χ0n) is 13.9. The van der Waals surface area contributed by atoms with Crippen molar-refractivity contribution in [3.63, 3.8) is 0 Å². The maximum absolute atomic E-state index is 10.7. The highest BCUT2D eigenvalue weighted by Gasteiger charge is 2.03. The Morgan fingerprint density at radius 1 is 1.04 bits per heavy atom. The molecule has 0 spiro atoms. The number of carboxylic acid groups (broad SMARTS) is 1. The number of carbonyl (C=O) groups is 1. The van der Waals surface area contributed by atoms with E-state index in [9.17, 15) is 14.4 Å². The molecule has 134 valence electrons. The predicted molar refractivity (Wildman–Crippen MR) is 92.0 cm³/mol. The fourth-order valence-electron chi connectivity index (χ4n) is 2.19. The summed E-state index contributed by atoms with van der Waals surface area (Å²) < 4.78 is 0. The molecule has 2 heterocycles. The van der Waals surface area contributed by atoms with Crippen molar-refractivity contribution in [3.8, 4) is 0 Å². The summed E-state index contributed by atoms with van der Waals surface area (Å²) >= 11 is 0. The number of rotatable bonds is 8. The fraction of sp³-hybridized carbons (Fsp3) is 0.600. The smallest absolute Gasteiger partial charge is 0.348 e. The zero-order chi connectivity index (χ0) is 17.9. The number of hydrogen-bond acceptors (Lipinski definition) is 5. The van der Waals surface area contributed by atoms with E-state index in [1.807, 2.05) is 0 Å². The molecule has 2 aromatic heterocycles. The van der Waals surface area contributed by atoms with Gasteiger partial charge in [0.1, 0.15) is 11.3 Å². The van der Waals surface area contributed by atoms with Crippen LogP contribution in [-0.2, 0) is 4.79 Å². The molecule has 0 aliphatic heterocycles. The van der Waals surface area contributed by atoms with Crippen LogP contribution in [0.1, 0.15) is 58.3 Å². The first kappa shape index (κ1) is 19.5. The average molecular weight is 339 g/mol. The van der Waals surface area contributed by atoms with E-state index in [1.165, 1.54) is 32.1 Å². The molecular weight excluding hydrogens is 314 g/mol. The summed E-state index contributed by atoms with van der Waals surface area (Å²) in [6.45, 7) is 2.20. The van der Waals surface area contributed by atoms with E-state index in [0.29, 0.717) is 11.9 Å². The lowest BCUT2D eigenvalue weighted by Crippen LogP contribution is -2.12. The zero-order valence-corrected chi connectivity index (χ0v) is 13.9. The van der Waals surface area contributed by atoms with Gasteiger partial charge in [-0.25, -0.2) is 9.59 Å². The van der Waals surface area contributed by atoms with Gasteiger partial charge in [-0.05, 0) is 6.42 Å². The van der Waals surface area contributed by atoms with Gasteiger partial charge in [-0.2, -0.15) is 4.98 Å². The third-order valence-corrected chi connectivity index (χ3v) is 3.43. The van der Waals surface area contributed by atoms with Crippen LogP contribution in [0, 0.1) is 0 Å². The van der Waals surface area contributed by atoms with Crippen LogP contribution in [-0.4, -0.2) is 31.0 Å². The van der Waals surface area contributed by atoms with Crippen molar-refractivity contribution in [3.05, 3.63) is 21.0 Å². The van der Waals surface area contributed by atoms with E-state index in [4.69, 9.17) is 10.8 Å². The number of nitrogens with one attached hydrogen (secondary N) is 3. The Morgan fingerprint density at radius 2 is 1.67 bits per heavy atom. The van der Waals surface area contributed by atoms with Crippen LogP contribution in [0.4, 0.5) is 5.82 Å². The standard InChI is InChI=1S/C10H20O2.C5H5N5O2/c1-2-3-4-5-6-7-8-9-10(11)12;6-2-1-3(9-4(11)7-1)10-5(12)8-2/h2-9H2,1H3,(H,11,12);(H5,6,7,8,9,10,11,12). The highest BCUT2D eigenvalue weighted by molar-refractivity contribution is 5.80. The van der Waals surface area contributed by atoms with Crippen molar-refractivity contribution in [2.45, 2.75) is 58.3 Å². The SMILES string of the molecule is CCCCCCCCCC(=O)O.Nc1[nH]c(=O)nc2[nH]c(=O)[nH]c12.